The normalized spacial score (nSPS) is 14.4. The Morgan fingerprint density at radius 1 is 1.47 bits per heavy atom. The molecule has 0 amide bonds. The maximum atomic E-state index is 11.7. The molecule has 0 saturated carbocycles. The molecule has 82 valence electrons. The molecule has 1 aromatic carbocycles. The standard InChI is InChI=1S/C12H17NO2/c1-4-15-11(14)12(3,13)10-8-6-5-7-9(10)2/h5-8H,4,13H2,1-3H3. The first-order chi connectivity index (χ1) is 7.00. The van der Waals surface area contributed by atoms with E-state index in [-0.39, 0.29) is 5.97 Å². The third kappa shape index (κ3) is 2.36. The van der Waals surface area contributed by atoms with Gasteiger partial charge in [0, 0.05) is 0 Å². The summed E-state index contributed by atoms with van der Waals surface area (Å²) < 4.78 is 4.95. The first kappa shape index (κ1) is 11.7. The number of rotatable bonds is 3. The minimum absolute atomic E-state index is 0.345. The van der Waals surface area contributed by atoms with Crippen LogP contribution in [0.15, 0.2) is 24.3 Å². The van der Waals surface area contributed by atoms with E-state index in [0.29, 0.717) is 6.61 Å². The number of nitrogens with two attached hydrogens (primary N) is 1. The molecule has 0 bridgehead atoms. The molecule has 0 spiro atoms. The van der Waals surface area contributed by atoms with E-state index in [9.17, 15) is 4.79 Å². The van der Waals surface area contributed by atoms with Crippen molar-refractivity contribution in [1.29, 1.82) is 0 Å². The van der Waals surface area contributed by atoms with Gasteiger partial charge in [-0.2, -0.15) is 0 Å². The monoisotopic (exact) mass is 207 g/mol. The van der Waals surface area contributed by atoms with Crippen molar-refractivity contribution in [2.45, 2.75) is 26.3 Å². The van der Waals surface area contributed by atoms with Crippen molar-refractivity contribution < 1.29 is 9.53 Å². The first-order valence-electron chi connectivity index (χ1n) is 5.02. The molecule has 15 heavy (non-hydrogen) atoms. The van der Waals surface area contributed by atoms with Gasteiger partial charge in [0.1, 0.15) is 5.54 Å². The lowest BCUT2D eigenvalue weighted by atomic mass is 9.90. The summed E-state index contributed by atoms with van der Waals surface area (Å²) >= 11 is 0. The zero-order chi connectivity index (χ0) is 11.5. The fraction of sp³-hybridized carbons (Fsp3) is 0.417. The second-order valence-electron chi connectivity index (χ2n) is 3.74. The van der Waals surface area contributed by atoms with Gasteiger partial charge in [-0.15, -0.1) is 0 Å². The van der Waals surface area contributed by atoms with Gasteiger partial charge < -0.3 is 10.5 Å². The van der Waals surface area contributed by atoms with Crippen molar-refractivity contribution in [1.82, 2.24) is 0 Å². The van der Waals surface area contributed by atoms with E-state index in [2.05, 4.69) is 0 Å². The highest BCUT2D eigenvalue weighted by Gasteiger charge is 2.33. The summed E-state index contributed by atoms with van der Waals surface area (Å²) in [6, 6.07) is 7.57. The minimum atomic E-state index is -1.07. The molecule has 1 unspecified atom stereocenters. The van der Waals surface area contributed by atoms with Gasteiger partial charge in [0.05, 0.1) is 6.61 Å². The molecular weight excluding hydrogens is 190 g/mol. The van der Waals surface area contributed by atoms with Crippen LogP contribution in [0.25, 0.3) is 0 Å². The van der Waals surface area contributed by atoms with Crippen LogP contribution in [0.2, 0.25) is 0 Å². The molecule has 0 fully saturated rings. The fourth-order valence-corrected chi connectivity index (χ4v) is 1.55. The van der Waals surface area contributed by atoms with Gasteiger partial charge in [-0.05, 0) is 31.9 Å². The molecule has 0 saturated heterocycles. The molecule has 3 nitrogen and oxygen atoms in total. The molecular formula is C12H17NO2. The van der Waals surface area contributed by atoms with Crippen LogP contribution in [0.3, 0.4) is 0 Å². The Hall–Kier alpha value is -1.35. The summed E-state index contributed by atoms with van der Waals surface area (Å²) in [5.74, 6) is -0.390. The minimum Gasteiger partial charge on any atom is -0.464 e. The second kappa shape index (κ2) is 4.45. The summed E-state index contributed by atoms with van der Waals surface area (Å²) in [6.07, 6.45) is 0. The quantitative estimate of drug-likeness (QED) is 0.768. The molecule has 0 aliphatic rings. The van der Waals surface area contributed by atoms with Crippen LogP contribution in [0.5, 0.6) is 0 Å². The molecule has 1 aromatic rings. The molecule has 0 aromatic heterocycles. The maximum absolute atomic E-state index is 11.7. The third-order valence-electron chi connectivity index (χ3n) is 2.40. The smallest absolute Gasteiger partial charge is 0.330 e. The van der Waals surface area contributed by atoms with Crippen molar-refractivity contribution in [3.8, 4) is 0 Å². The molecule has 1 atom stereocenters. The van der Waals surface area contributed by atoms with E-state index >= 15 is 0 Å². The van der Waals surface area contributed by atoms with Crippen molar-refractivity contribution in [2.24, 2.45) is 5.73 Å². The van der Waals surface area contributed by atoms with Gasteiger partial charge in [0.15, 0.2) is 0 Å². The summed E-state index contributed by atoms with van der Waals surface area (Å²) in [6.45, 7) is 5.72. The number of benzene rings is 1. The average Bonchev–Trinajstić information content (AvgIpc) is 2.18. The van der Waals surface area contributed by atoms with Crippen LogP contribution < -0.4 is 5.73 Å². The van der Waals surface area contributed by atoms with Crippen LogP contribution in [-0.2, 0) is 15.1 Å². The zero-order valence-electron chi connectivity index (χ0n) is 9.41. The average molecular weight is 207 g/mol. The number of aryl methyl sites for hydroxylation is 1. The van der Waals surface area contributed by atoms with Crippen LogP contribution in [0, 0.1) is 6.92 Å². The Balaban J connectivity index is 3.05. The van der Waals surface area contributed by atoms with Crippen LogP contribution >= 0.6 is 0 Å². The third-order valence-corrected chi connectivity index (χ3v) is 2.40. The molecule has 0 heterocycles. The SMILES string of the molecule is CCOC(=O)C(C)(N)c1ccccc1C. The molecule has 0 aliphatic heterocycles. The number of carbonyl (C=O) groups excluding carboxylic acids is 1. The molecule has 3 heteroatoms. The second-order valence-corrected chi connectivity index (χ2v) is 3.74. The molecule has 0 aliphatic carbocycles. The van der Waals surface area contributed by atoms with Crippen LogP contribution in [-0.4, -0.2) is 12.6 Å². The largest absolute Gasteiger partial charge is 0.464 e. The molecule has 2 N–H and O–H groups in total. The Kier molecular flexibility index (Phi) is 3.48. The van der Waals surface area contributed by atoms with Gasteiger partial charge in [0.25, 0.3) is 0 Å². The summed E-state index contributed by atoms with van der Waals surface area (Å²) in [4.78, 5) is 11.7. The lowest BCUT2D eigenvalue weighted by molar-refractivity contribution is -0.149. The number of ether oxygens (including phenoxy) is 1. The van der Waals surface area contributed by atoms with Crippen molar-refractivity contribution in [2.75, 3.05) is 6.61 Å². The Morgan fingerprint density at radius 2 is 2.07 bits per heavy atom. The Bertz CT molecular complexity index is 358. The number of carbonyl (C=O) groups is 1. The number of esters is 1. The summed E-state index contributed by atoms with van der Waals surface area (Å²) in [7, 11) is 0. The van der Waals surface area contributed by atoms with Crippen molar-refractivity contribution in [3.63, 3.8) is 0 Å². The lowest BCUT2D eigenvalue weighted by Gasteiger charge is -2.24. The van der Waals surface area contributed by atoms with Crippen LogP contribution in [0.4, 0.5) is 0 Å². The number of hydrogen-bond acceptors (Lipinski definition) is 3. The number of hydrogen-bond donors (Lipinski definition) is 1. The van der Waals surface area contributed by atoms with Crippen molar-refractivity contribution in [3.05, 3.63) is 35.4 Å². The summed E-state index contributed by atoms with van der Waals surface area (Å²) in [5.41, 5.74) is 6.73. The highest BCUT2D eigenvalue weighted by atomic mass is 16.5. The predicted molar refractivity (Wildman–Crippen MR) is 59.4 cm³/mol. The fourth-order valence-electron chi connectivity index (χ4n) is 1.55. The lowest BCUT2D eigenvalue weighted by Crippen LogP contribution is -2.43. The Morgan fingerprint density at radius 3 is 2.60 bits per heavy atom. The van der Waals surface area contributed by atoms with Crippen molar-refractivity contribution >= 4 is 5.97 Å². The van der Waals surface area contributed by atoms with E-state index in [4.69, 9.17) is 10.5 Å². The zero-order valence-corrected chi connectivity index (χ0v) is 9.41. The maximum Gasteiger partial charge on any atom is 0.330 e. The molecule has 0 radical (unpaired) electrons. The molecule has 1 rings (SSSR count). The van der Waals surface area contributed by atoms with Crippen LogP contribution in [0.1, 0.15) is 25.0 Å². The highest BCUT2D eigenvalue weighted by molar-refractivity contribution is 5.82. The predicted octanol–water partition coefficient (Wildman–Crippen LogP) is 1.73. The summed E-state index contributed by atoms with van der Waals surface area (Å²) in [5, 5.41) is 0. The van der Waals surface area contributed by atoms with E-state index in [1.165, 1.54) is 0 Å². The van der Waals surface area contributed by atoms with E-state index in [1.807, 2.05) is 31.2 Å². The Labute approximate surface area is 90.2 Å². The first-order valence-corrected chi connectivity index (χ1v) is 5.02. The van der Waals surface area contributed by atoms with Gasteiger partial charge in [0.2, 0.25) is 0 Å². The highest BCUT2D eigenvalue weighted by Crippen LogP contribution is 2.22. The van der Waals surface area contributed by atoms with E-state index in [1.54, 1.807) is 13.8 Å². The van der Waals surface area contributed by atoms with Gasteiger partial charge in [-0.25, -0.2) is 4.79 Å². The van der Waals surface area contributed by atoms with E-state index < -0.39 is 5.54 Å². The van der Waals surface area contributed by atoms with Gasteiger partial charge in [-0.3, -0.25) is 0 Å². The topological polar surface area (TPSA) is 52.3 Å². The van der Waals surface area contributed by atoms with Gasteiger partial charge >= 0.3 is 5.97 Å². The van der Waals surface area contributed by atoms with E-state index in [0.717, 1.165) is 11.1 Å². The van der Waals surface area contributed by atoms with Gasteiger partial charge in [-0.1, -0.05) is 24.3 Å².